The Bertz CT molecular complexity index is 1020. The fourth-order valence-electron chi connectivity index (χ4n) is 2.58. The van der Waals surface area contributed by atoms with Crippen LogP contribution < -0.4 is 4.72 Å². The zero-order valence-electron chi connectivity index (χ0n) is 18.2. The number of aliphatic hydroxyl groups is 1. The summed E-state index contributed by atoms with van der Waals surface area (Å²) in [7, 11) is -3.76. The number of aliphatic hydroxyl groups excluding tert-OH is 1. The Hall–Kier alpha value is -2.66. The maximum atomic E-state index is 12.7. The standard InChI is InChI=1S/C24H29NO5S/c1-17(2)22(25-31(28,29)21-13-10-18(3)11-14-21)16-30-24(27)19(4)23(26)15-12-20-8-6-5-7-9-20/h5-11,13-14,17,19,22-23,25-26H,16H2,1-4H3/t19-,22+,23+/m0/s1. The first-order chi connectivity index (χ1) is 14.6. The van der Waals surface area contributed by atoms with E-state index in [4.69, 9.17) is 4.74 Å². The minimum atomic E-state index is -3.76. The minimum absolute atomic E-state index is 0.119. The van der Waals surface area contributed by atoms with E-state index in [1.54, 1.807) is 24.3 Å². The lowest BCUT2D eigenvalue weighted by molar-refractivity contribution is -0.151. The van der Waals surface area contributed by atoms with Gasteiger partial charge in [0, 0.05) is 5.56 Å². The summed E-state index contributed by atoms with van der Waals surface area (Å²) in [5, 5.41) is 10.2. The minimum Gasteiger partial charge on any atom is -0.464 e. The number of hydrogen-bond acceptors (Lipinski definition) is 5. The highest BCUT2D eigenvalue weighted by Gasteiger charge is 2.27. The van der Waals surface area contributed by atoms with Crippen LogP contribution >= 0.6 is 0 Å². The fourth-order valence-corrected chi connectivity index (χ4v) is 3.95. The van der Waals surface area contributed by atoms with Crippen LogP contribution in [0.25, 0.3) is 0 Å². The van der Waals surface area contributed by atoms with Crippen LogP contribution in [0.5, 0.6) is 0 Å². The molecule has 0 fully saturated rings. The molecule has 2 aromatic carbocycles. The normalized spacial score (nSPS) is 14.3. The Labute approximate surface area is 184 Å². The SMILES string of the molecule is Cc1ccc(S(=O)(=O)N[C@H](COC(=O)[C@@H](C)[C@H](O)C#Cc2ccccc2)C(C)C)cc1. The monoisotopic (exact) mass is 443 g/mol. The molecule has 31 heavy (non-hydrogen) atoms. The van der Waals surface area contributed by atoms with Gasteiger partial charge in [0.2, 0.25) is 10.0 Å². The van der Waals surface area contributed by atoms with Gasteiger partial charge in [-0.05, 0) is 44.0 Å². The first-order valence-corrected chi connectivity index (χ1v) is 11.6. The molecule has 166 valence electrons. The fraction of sp³-hybridized carbons (Fsp3) is 0.375. The van der Waals surface area contributed by atoms with E-state index in [9.17, 15) is 18.3 Å². The molecule has 0 aliphatic carbocycles. The van der Waals surface area contributed by atoms with E-state index < -0.39 is 34.1 Å². The number of rotatable bonds is 8. The second kappa shape index (κ2) is 11.1. The predicted molar refractivity (Wildman–Crippen MR) is 120 cm³/mol. The van der Waals surface area contributed by atoms with E-state index in [2.05, 4.69) is 16.6 Å². The van der Waals surface area contributed by atoms with Crippen LogP contribution in [0.4, 0.5) is 0 Å². The number of hydrogen-bond donors (Lipinski definition) is 2. The van der Waals surface area contributed by atoms with Crippen molar-refractivity contribution in [2.24, 2.45) is 11.8 Å². The first kappa shape index (κ1) is 24.6. The lowest BCUT2D eigenvalue weighted by atomic mass is 10.0. The van der Waals surface area contributed by atoms with Crippen molar-refractivity contribution in [3.63, 3.8) is 0 Å². The Morgan fingerprint density at radius 1 is 1.06 bits per heavy atom. The maximum Gasteiger partial charge on any atom is 0.312 e. The molecule has 0 aliphatic heterocycles. The van der Waals surface area contributed by atoms with Crippen molar-refractivity contribution in [1.29, 1.82) is 0 Å². The van der Waals surface area contributed by atoms with Crippen LogP contribution in [0, 0.1) is 30.6 Å². The molecule has 2 rings (SSSR count). The van der Waals surface area contributed by atoms with Gasteiger partial charge in [-0.15, -0.1) is 0 Å². The Morgan fingerprint density at radius 2 is 1.68 bits per heavy atom. The quantitative estimate of drug-likeness (QED) is 0.483. The molecule has 0 aromatic heterocycles. The summed E-state index contributed by atoms with van der Waals surface area (Å²) in [6.07, 6.45) is -1.20. The molecule has 0 bridgehead atoms. The number of benzene rings is 2. The third-order valence-electron chi connectivity index (χ3n) is 4.83. The van der Waals surface area contributed by atoms with Crippen LogP contribution in [0.2, 0.25) is 0 Å². The molecule has 3 atom stereocenters. The largest absolute Gasteiger partial charge is 0.464 e. The van der Waals surface area contributed by atoms with Gasteiger partial charge in [0.15, 0.2) is 0 Å². The highest BCUT2D eigenvalue weighted by molar-refractivity contribution is 7.89. The summed E-state index contributed by atoms with van der Waals surface area (Å²) in [6, 6.07) is 15.0. The van der Waals surface area contributed by atoms with Crippen molar-refractivity contribution in [3.8, 4) is 11.8 Å². The highest BCUT2D eigenvalue weighted by atomic mass is 32.2. The third kappa shape index (κ3) is 7.51. The number of carbonyl (C=O) groups is 1. The van der Waals surface area contributed by atoms with Crippen LogP contribution in [-0.4, -0.2) is 38.2 Å². The van der Waals surface area contributed by atoms with E-state index in [0.29, 0.717) is 0 Å². The van der Waals surface area contributed by atoms with Gasteiger partial charge < -0.3 is 9.84 Å². The molecule has 2 aromatic rings. The average molecular weight is 444 g/mol. The van der Waals surface area contributed by atoms with Gasteiger partial charge in [-0.25, -0.2) is 13.1 Å². The molecular weight excluding hydrogens is 414 g/mol. The third-order valence-corrected chi connectivity index (χ3v) is 6.34. The molecule has 0 saturated carbocycles. The number of ether oxygens (including phenoxy) is 1. The molecule has 0 amide bonds. The van der Waals surface area contributed by atoms with Gasteiger partial charge in [-0.3, -0.25) is 4.79 Å². The van der Waals surface area contributed by atoms with E-state index in [-0.39, 0.29) is 17.4 Å². The van der Waals surface area contributed by atoms with E-state index in [0.717, 1.165) is 11.1 Å². The van der Waals surface area contributed by atoms with Crippen LogP contribution in [0.1, 0.15) is 31.9 Å². The first-order valence-electron chi connectivity index (χ1n) is 10.1. The Morgan fingerprint density at radius 3 is 2.26 bits per heavy atom. The van der Waals surface area contributed by atoms with E-state index in [1.807, 2.05) is 39.0 Å². The van der Waals surface area contributed by atoms with Crippen molar-refractivity contribution >= 4 is 16.0 Å². The van der Waals surface area contributed by atoms with Gasteiger partial charge in [-0.2, -0.15) is 0 Å². The summed E-state index contributed by atoms with van der Waals surface area (Å²) in [4.78, 5) is 12.5. The molecule has 0 unspecified atom stereocenters. The number of aryl methyl sites for hydroxylation is 1. The smallest absolute Gasteiger partial charge is 0.312 e. The van der Waals surface area contributed by atoms with Crippen molar-refractivity contribution in [2.75, 3.05) is 6.61 Å². The van der Waals surface area contributed by atoms with Crippen molar-refractivity contribution < 1.29 is 23.1 Å². The van der Waals surface area contributed by atoms with Crippen molar-refractivity contribution in [2.45, 2.75) is 44.7 Å². The zero-order chi connectivity index (χ0) is 23.0. The second-order valence-corrected chi connectivity index (χ2v) is 9.50. The summed E-state index contributed by atoms with van der Waals surface area (Å²) >= 11 is 0. The molecule has 7 heteroatoms. The average Bonchev–Trinajstić information content (AvgIpc) is 2.75. The van der Waals surface area contributed by atoms with Crippen LogP contribution in [0.3, 0.4) is 0 Å². The molecule has 0 saturated heterocycles. The van der Waals surface area contributed by atoms with Crippen LogP contribution in [-0.2, 0) is 19.6 Å². The Kier molecular flexibility index (Phi) is 8.81. The summed E-state index contributed by atoms with van der Waals surface area (Å²) in [5.41, 5.74) is 1.68. The lowest BCUT2D eigenvalue weighted by Gasteiger charge is -2.23. The summed E-state index contributed by atoms with van der Waals surface area (Å²) < 4.78 is 33.2. The van der Waals surface area contributed by atoms with Crippen LogP contribution in [0.15, 0.2) is 59.5 Å². The summed E-state index contributed by atoms with van der Waals surface area (Å²) in [6.45, 7) is 6.91. The zero-order valence-corrected chi connectivity index (χ0v) is 19.0. The van der Waals surface area contributed by atoms with Crippen molar-refractivity contribution in [3.05, 3.63) is 65.7 Å². The van der Waals surface area contributed by atoms with Gasteiger partial charge >= 0.3 is 5.97 Å². The summed E-state index contributed by atoms with van der Waals surface area (Å²) in [5.74, 6) is 3.82. The van der Waals surface area contributed by atoms with E-state index in [1.165, 1.54) is 19.1 Å². The van der Waals surface area contributed by atoms with Gasteiger partial charge in [-0.1, -0.05) is 61.6 Å². The maximum absolute atomic E-state index is 12.7. The molecule has 0 heterocycles. The molecule has 2 N–H and O–H groups in total. The van der Waals surface area contributed by atoms with Gasteiger partial charge in [0.1, 0.15) is 12.7 Å². The molecule has 0 radical (unpaired) electrons. The number of sulfonamides is 1. The Balaban J connectivity index is 1.98. The van der Waals surface area contributed by atoms with Gasteiger partial charge in [0.25, 0.3) is 0 Å². The molecular formula is C24H29NO5S. The highest BCUT2D eigenvalue weighted by Crippen LogP contribution is 2.14. The number of esters is 1. The molecule has 0 spiro atoms. The predicted octanol–water partition coefficient (Wildman–Crippen LogP) is 2.89. The number of carbonyl (C=O) groups excluding carboxylic acids is 1. The van der Waals surface area contributed by atoms with Gasteiger partial charge in [0.05, 0.1) is 16.9 Å². The topological polar surface area (TPSA) is 92.7 Å². The number of nitrogens with one attached hydrogen (secondary N) is 1. The lowest BCUT2D eigenvalue weighted by Crippen LogP contribution is -2.43. The van der Waals surface area contributed by atoms with Crippen molar-refractivity contribution in [1.82, 2.24) is 4.72 Å². The second-order valence-electron chi connectivity index (χ2n) is 7.78. The molecule has 0 aliphatic rings. The molecule has 6 nitrogen and oxygen atoms in total. The van der Waals surface area contributed by atoms with E-state index >= 15 is 0 Å².